The Kier molecular flexibility index (Phi) is 3.79. The second-order valence-corrected chi connectivity index (χ2v) is 7.10. The van der Waals surface area contributed by atoms with Crippen molar-refractivity contribution in [2.24, 2.45) is 0 Å². The molecule has 0 radical (unpaired) electrons. The highest BCUT2D eigenvalue weighted by Gasteiger charge is 2.32. The van der Waals surface area contributed by atoms with Crippen molar-refractivity contribution in [1.82, 2.24) is 0 Å². The van der Waals surface area contributed by atoms with Crippen LogP contribution in [0.25, 0.3) is 6.08 Å². The van der Waals surface area contributed by atoms with Gasteiger partial charge >= 0.3 is 0 Å². The van der Waals surface area contributed by atoms with E-state index >= 15 is 0 Å². The van der Waals surface area contributed by atoms with E-state index in [1.165, 1.54) is 4.88 Å². The number of carbonyl (C=O) groups is 1. The summed E-state index contributed by atoms with van der Waals surface area (Å²) in [6.45, 7) is 2.07. The summed E-state index contributed by atoms with van der Waals surface area (Å²) in [5, 5.41) is 0. The molecule has 1 aliphatic heterocycles. The monoisotopic (exact) mass is 332 g/mol. The molecule has 2 nitrogen and oxygen atoms in total. The highest BCUT2D eigenvalue weighted by Crippen LogP contribution is 2.39. The minimum atomic E-state index is -0.379. The number of ketones is 1. The first kappa shape index (κ1) is 14.9. The van der Waals surface area contributed by atoms with E-state index in [1.807, 2.05) is 66.7 Å². The lowest BCUT2D eigenvalue weighted by Gasteiger charge is -2.28. The van der Waals surface area contributed by atoms with Gasteiger partial charge in [-0.25, -0.2) is 0 Å². The average Bonchev–Trinajstić information content (AvgIpc) is 3.03. The highest BCUT2D eigenvalue weighted by atomic mass is 32.1. The predicted molar refractivity (Wildman–Crippen MR) is 97.6 cm³/mol. The number of fused-ring (bicyclic) bond motifs is 1. The lowest BCUT2D eigenvalue weighted by atomic mass is 9.90. The number of para-hydroxylation sites is 1. The van der Waals surface area contributed by atoms with Gasteiger partial charge in [-0.2, -0.15) is 0 Å². The fourth-order valence-electron chi connectivity index (χ4n) is 2.92. The largest absolute Gasteiger partial charge is 0.480 e. The molecule has 2 heterocycles. The van der Waals surface area contributed by atoms with Crippen molar-refractivity contribution in [2.45, 2.75) is 13.0 Å². The quantitative estimate of drug-likeness (QED) is 0.583. The normalized spacial score (nSPS) is 18.3. The van der Waals surface area contributed by atoms with Crippen molar-refractivity contribution < 1.29 is 9.53 Å². The summed E-state index contributed by atoms with van der Waals surface area (Å²) in [7, 11) is 0. The molecule has 2 aromatic carbocycles. The van der Waals surface area contributed by atoms with Gasteiger partial charge in [-0.05, 0) is 42.8 Å². The fourth-order valence-corrected chi connectivity index (χ4v) is 3.75. The molecule has 0 fully saturated rings. The minimum Gasteiger partial charge on any atom is -0.480 e. The zero-order chi connectivity index (χ0) is 16.5. The second-order valence-electron chi connectivity index (χ2n) is 5.78. The summed E-state index contributed by atoms with van der Waals surface area (Å²) in [4.78, 5) is 15.4. The number of thiophene rings is 1. The third-order valence-electron chi connectivity index (χ3n) is 4.08. The van der Waals surface area contributed by atoms with Crippen LogP contribution in [-0.2, 0) is 0 Å². The first-order valence-corrected chi connectivity index (χ1v) is 8.67. The zero-order valence-electron chi connectivity index (χ0n) is 13.2. The Morgan fingerprint density at radius 2 is 1.71 bits per heavy atom. The van der Waals surface area contributed by atoms with Crippen LogP contribution >= 0.6 is 11.3 Å². The van der Waals surface area contributed by atoms with Crippen LogP contribution in [0.2, 0.25) is 0 Å². The van der Waals surface area contributed by atoms with Crippen LogP contribution in [0.1, 0.15) is 31.8 Å². The minimum absolute atomic E-state index is 0.0387. The van der Waals surface area contributed by atoms with Crippen molar-refractivity contribution in [3.8, 4) is 5.75 Å². The Morgan fingerprint density at radius 1 is 0.958 bits per heavy atom. The molecular weight excluding hydrogens is 316 g/mol. The molecule has 3 heteroatoms. The van der Waals surface area contributed by atoms with E-state index in [2.05, 4.69) is 13.0 Å². The Morgan fingerprint density at radius 3 is 2.46 bits per heavy atom. The van der Waals surface area contributed by atoms with Gasteiger partial charge in [0.25, 0.3) is 0 Å². The molecule has 0 saturated carbocycles. The smallest absolute Gasteiger partial charge is 0.196 e. The van der Waals surface area contributed by atoms with Crippen LogP contribution in [0.4, 0.5) is 0 Å². The maximum absolute atomic E-state index is 13.1. The second kappa shape index (κ2) is 6.10. The summed E-state index contributed by atoms with van der Waals surface area (Å²) in [6.07, 6.45) is 1.59. The molecule has 4 rings (SSSR count). The van der Waals surface area contributed by atoms with E-state index in [9.17, 15) is 4.79 Å². The van der Waals surface area contributed by atoms with Gasteiger partial charge in [0.2, 0.25) is 0 Å². The number of Topliss-reactive ketones (excluding diaryl/α,β-unsaturated/α-hetero) is 1. The van der Waals surface area contributed by atoms with E-state index in [0.29, 0.717) is 16.9 Å². The van der Waals surface area contributed by atoms with E-state index in [4.69, 9.17) is 4.74 Å². The predicted octanol–water partition coefficient (Wildman–Crippen LogP) is 5.46. The van der Waals surface area contributed by atoms with Gasteiger partial charge in [0.1, 0.15) is 5.75 Å². The van der Waals surface area contributed by atoms with E-state index in [0.717, 1.165) is 10.4 Å². The van der Waals surface area contributed by atoms with Crippen LogP contribution in [0.5, 0.6) is 5.75 Å². The molecule has 0 saturated heterocycles. The SMILES string of the molecule is Cc1ccc(C=C2C(=O)c3ccccc3O[C@@H]2c2ccccc2)s1. The summed E-state index contributed by atoms with van der Waals surface area (Å²) >= 11 is 1.68. The topological polar surface area (TPSA) is 26.3 Å². The molecule has 0 unspecified atom stereocenters. The van der Waals surface area contributed by atoms with E-state index in [-0.39, 0.29) is 11.9 Å². The van der Waals surface area contributed by atoms with Crippen molar-refractivity contribution in [1.29, 1.82) is 0 Å². The third-order valence-corrected chi connectivity index (χ3v) is 5.03. The van der Waals surface area contributed by atoms with Crippen LogP contribution in [0.15, 0.2) is 72.3 Å². The lowest BCUT2D eigenvalue weighted by Crippen LogP contribution is -2.23. The van der Waals surface area contributed by atoms with Crippen LogP contribution < -0.4 is 4.74 Å². The average molecular weight is 332 g/mol. The maximum atomic E-state index is 13.1. The lowest BCUT2D eigenvalue weighted by molar-refractivity contribution is 0.0963. The highest BCUT2D eigenvalue weighted by molar-refractivity contribution is 7.12. The Labute approximate surface area is 145 Å². The van der Waals surface area contributed by atoms with Gasteiger partial charge in [-0.15, -0.1) is 11.3 Å². The zero-order valence-corrected chi connectivity index (χ0v) is 14.0. The number of hydrogen-bond donors (Lipinski definition) is 0. The first-order valence-electron chi connectivity index (χ1n) is 7.86. The summed E-state index contributed by atoms with van der Waals surface area (Å²) in [5.74, 6) is 0.688. The summed E-state index contributed by atoms with van der Waals surface area (Å²) in [5.41, 5.74) is 2.30. The summed E-state index contributed by atoms with van der Waals surface area (Å²) < 4.78 is 6.20. The number of aryl methyl sites for hydroxylation is 1. The van der Waals surface area contributed by atoms with Gasteiger partial charge in [-0.3, -0.25) is 4.79 Å². The molecule has 0 aliphatic carbocycles. The van der Waals surface area contributed by atoms with Gasteiger partial charge in [0.15, 0.2) is 11.9 Å². The van der Waals surface area contributed by atoms with Crippen LogP contribution in [-0.4, -0.2) is 5.78 Å². The molecule has 24 heavy (non-hydrogen) atoms. The standard InChI is InChI=1S/C21H16O2S/c1-14-11-12-16(24-14)13-18-20(22)17-9-5-6-10-19(17)23-21(18)15-7-3-2-4-8-15/h2-13,21H,1H3/t21-/m1/s1. The number of hydrogen-bond acceptors (Lipinski definition) is 3. The van der Waals surface area contributed by atoms with Crippen molar-refractivity contribution >= 4 is 23.2 Å². The molecule has 1 aliphatic rings. The molecule has 3 aromatic rings. The molecule has 0 spiro atoms. The summed E-state index contributed by atoms with van der Waals surface area (Å²) in [6, 6.07) is 21.5. The van der Waals surface area contributed by atoms with E-state index < -0.39 is 0 Å². The number of benzene rings is 2. The maximum Gasteiger partial charge on any atom is 0.196 e. The van der Waals surface area contributed by atoms with Crippen LogP contribution in [0, 0.1) is 6.92 Å². The van der Waals surface area contributed by atoms with Crippen molar-refractivity contribution in [3.05, 3.63) is 93.2 Å². The third kappa shape index (κ3) is 2.68. The first-order chi connectivity index (χ1) is 11.7. The molecule has 0 bridgehead atoms. The number of rotatable bonds is 2. The van der Waals surface area contributed by atoms with Crippen LogP contribution in [0.3, 0.4) is 0 Å². The van der Waals surface area contributed by atoms with Crippen molar-refractivity contribution in [2.75, 3.05) is 0 Å². The number of ether oxygens (including phenoxy) is 1. The molecule has 118 valence electrons. The van der Waals surface area contributed by atoms with E-state index in [1.54, 1.807) is 11.3 Å². The number of carbonyl (C=O) groups excluding carboxylic acids is 1. The molecule has 1 atom stereocenters. The van der Waals surface area contributed by atoms with Gasteiger partial charge in [-0.1, -0.05) is 42.5 Å². The van der Waals surface area contributed by atoms with Gasteiger partial charge in [0.05, 0.1) is 5.56 Å². The Hall–Kier alpha value is -2.65. The van der Waals surface area contributed by atoms with Gasteiger partial charge < -0.3 is 4.74 Å². The van der Waals surface area contributed by atoms with Gasteiger partial charge in [0, 0.05) is 15.3 Å². The fraction of sp³-hybridized carbons (Fsp3) is 0.0952. The molecule has 0 N–H and O–H groups in total. The molecular formula is C21H16O2S. The van der Waals surface area contributed by atoms with Crippen molar-refractivity contribution in [3.63, 3.8) is 0 Å². The Bertz CT molecular complexity index is 922. The Balaban J connectivity index is 1.86. The molecule has 0 amide bonds. The molecule has 1 aromatic heterocycles.